The van der Waals surface area contributed by atoms with Crippen molar-refractivity contribution in [3.05, 3.63) is 59.9 Å². The van der Waals surface area contributed by atoms with E-state index in [9.17, 15) is 18.0 Å². The first-order chi connectivity index (χ1) is 16.2. The SMILES string of the molecule is C[C@H]1OC(=O)[C@@H]2C[C@@H]3CN(C)CC[C@H]3[C@H](/C=C/c3ccc(-c4cccc(C(F)(F)F)c4)cn3)[C@H]12. The number of carbonyl (C=O) groups is 1. The van der Waals surface area contributed by atoms with Crippen LogP contribution in [0.15, 0.2) is 48.7 Å². The standard InChI is InChI=1S/C27H29F3N2O2/c1-16-25-23(22-10-11-32(2)15-19(22)13-24(25)26(33)34-16)9-8-21-7-6-18(14-31-21)17-4-3-5-20(12-17)27(28,29)30/h3-9,12,14,16,19,22-25H,10-11,13,15H2,1-2H3/b9-8+/t16-,19-,22-,23+,24-,25+/m1/s1. The van der Waals surface area contributed by atoms with E-state index in [4.69, 9.17) is 4.74 Å². The van der Waals surface area contributed by atoms with Crippen LogP contribution in [-0.2, 0) is 15.7 Å². The first-order valence-electron chi connectivity index (χ1n) is 11.9. The summed E-state index contributed by atoms with van der Waals surface area (Å²) < 4.78 is 44.8. The van der Waals surface area contributed by atoms with Gasteiger partial charge in [-0.1, -0.05) is 24.3 Å². The highest BCUT2D eigenvalue weighted by Gasteiger charge is 2.54. The van der Waals surface area contributed by atoms with Gasteiger partial charge >= 0.3 is 12.1 Å². The minimum Gasteiger partial charge on any atom is -0.462 e. The molecule has 0 spiro atoms. The number of piperidine rings is 1. The number of ether oxygens (including phenoxy) is 1. The summed E-state index contributed by atoms with van der Waals surface area (Å²) in [5.41, 5.74) is 1.20. The van der Waals surface area contributed by atoms with Gasteiger partial charge in [-0.2, -0.15) is 13.2 Å². The molecule has 2 aromatic rings. The van der Waals surface area contributed by atoms with Crippen LogP contribution in [0.3, 0.4) is 0 Å². The molecular formula is C27H29F3N2O2. The summed E-state index contributed by atoms with van der Waals surface area (Å²) in [5, 5.41) is 0. The molecule has 1 saturated carbocycles. The highest BCUT2D eigenvalue weighted by molar-refractivity contribution is 5.75. The summed E-state index contributed by atoms with van der Waals surface area (Å²) in [6.07, 6.45) is 3.34. The number of rotatable bonds is 3. The van der Waals surface area contributed by atoms with Gasteiger partial charge in [-0.25, -0.2) is 0 Å². The first-order valence-corrected chi connectivity index (χ1v) is 11.9. The van der Waals surface area contributed by atoms with Gasteiger partial charge in [-0.15, -0.1) is 0 Å². The lowest BCUT2D eigenvalue weighted by Crippen LogP contribution is -2.49. The Hall–Kier alpha value is -2.67. The van der Waals surface area contributed by atoms with Crippen molar-refractivity contribution in [2.45, 2.75) is 32.0 Å². The Morgan fingerprint density at radius 2 is 2.00 bits per heavy atom. The van der Waals surface area contributed by atoms with Crippen LogP contribution in [0.5, 0.6) is 0 Å². The van der Waals surface area contributed by atoms with Crippen molar-refractivity contribution in [3.8, 4) is 11.1 Å². The summed E-state index contributed by atoms with van der Waals surface area (Å²) in [7, 11) is 2.14. The molecule has 0 radical (unpaired) electrons. The Labute approximate surface area is 197 Å². The smallest absolute Gasteiger partial charge is 0.416 e. The molecule has 180 valence electrons. The molecule has 3 fully saturated rings. The number of hydrogen-bond donors (Lipinski definition) is 0. The molecule has 34 heavy (non-hydrogen) atoms. The average molecular weight is 471 g/mol. The van der Waals surface area contributed by atoms with Gasteiger partial charge in [0.1, 0.15) is 6.10 Å². The Kier molecular flexibility index (Phi) is 6.00. The first kappa shape index (κ1) is 23.1. The number of fused-ring (bicyclic) bond motifs is 2. The zero-order chi connectivity index (χ0) is 24.0. The normalized spacial score (nSPS) is 31.9. The second-order valence-corrected chi connectivity index (χ2v) is 10.0. The molecule has 1 aromatic heterocycles. The zero-order valence-electron chi connectivity index (χ0n) is 19.3. The number of nitrogens with zero attached hydrogens (tertiary/aromatic N) is 2. The van der Waals surface area contributed by atoms with Crippen LogP contribution in [0, 0.1) is 29.6 Å². The maximum Gasteiger partial charge on any atom is 0.416 e. The fraction of sp³-hybridized carbons (Fsp3) is 0.481. The molecule has 0 bridgehead atoms. The van der Waals surface area contributed by atoms with Gasteiger partial charge < -0.3 is 9.64 Å². The number of cyclic esters (lactones) is 1. The van der Waals surface area contributed by atoms with Gasteiger partial charge in [0.15, 0.2) is 0 Å². The number of allylic oxidation sites excluding steroid dienone is 1. The van der Waals surface area contributed by atoms with Crippen molar-refractivity contribution in [3.63, 3.8) is 0 Å². The maximum absolute atomic E-state index is 13.1. The van der Waals surface area contributed by atoms with E-state index in [2.05, 4.69) is 23.0 Å². The van der Waals surface area contributed by atoms with E-state index in [-0.39, 0.29) is 29.8 Å². The molecule has 7 heteroatoms. The van der Waals surface area contributed by atoms with E-state index < -0.39 is 11.7 Å². The van der Waals surface area contributed by atoms with Crippen LogP contribution in [-0.4, -0.2) is 42.1 Å². The number of esters is 1. The molecule has 2 saturated heterocycles. The van der Waals surface area contributed by atoms with E-state index in [0.29, 0.717) is 23.0 Å². The third-order valence-electron chi connectivity index (χ3n) is 7.90. The van der Waals surface area contributed by atoms with E-state index in [0.717, 1.165) is 43.8 Å². The molecule has 0 N–H and O–H groups in total. The fourth-order valence-corrected chi connectivity index (χ4v) is 6.30. The molecule has 3 aliphatic rings. The number of halogens is 3. The molecule has 1 aliphatic carbocycles. The van der Waals surface area contributed by atoms with Crippen molar-refractivity contribution in [1.82, 2.24) is 9.88 Å². The second kappa shape index (κ2) is 8.84. The van der Waals surface area contributed by atoms with Gasteiger partial charge in [0.05, 0.1) is 17.2 Å². The zero-order valence-corrected chi connectivity index (χ0v) is 19.3. The minimum atomic E-state index is -4.38. The van der Waals surface area contributed by atoms with Gasteiger partial charge in [0, 0.05) is 24.2 Å². The van der Waals surface area contributed by atoms with Gasteiger partial charge in [0.2, 0.25) is 0 Å². The van der Waals surface area contributed by atoms with Gasteiger partial charge in [-0.3, -0.25) is 9.78 Å². The molecular weight excluding hydrogens is 441 g/mol. The Morgan fingerprint density at radius 3 is 2.74 bits per heavy atom. The highest BCUT2D eigenvalue weighted by atomic mass is 19.4. The highest BCUT2D eigenvalue weighted by Crippen LogP contribution is 2.51. The van der Waals surface area contributed by atoms with Crippen LogP contribution >= 0.6 is 0 Å². The number of benzene rings is 1. The molecule has 4 nitrogen and oxygen atoms in total. The van der Waals surface area contributed by atoms with Crippen molar-refractivity contribution < 1.29 is 22.7 Å². The summed E-state index contributed by atoms with van der Waals surface area (Å²) in [4.78, 5) is 19.3. The summed E-state index contributed by atoms with van der Waals surface area (Å²) in [6.45, 7) is 4.06. The number of hydrogen-bond acceptors (Lipinski definition) is 4. The number of likely N-dealkylation sites (tertiary alicyclic amines) is 1. The fourth-order valence-electron chi connectivity index (χ4n) is 6.30. The van der Waals surface area contributed by atoms with Gasteiger partial charge in [0.25, 0.3) is 0 Å². The molecule has 2 aliphatic heterocycles. The lowest BCUT2D eigenvalue weighted by molar-refractivity contribution is -0.144. The van der Waals surface area contributed by atoms with Crippen molar-refractivity contribution in [1.29, 1.82) is 0 Å². The van der Waals surface area contributed by atoms with Crippen LogP contribution < -0.4 is 0 Å². The number of alkyl halides is 3. The topological polar surface area (TPSA) is 42.4 Å². The van der Waals surface area contributed by atoms with Crippen LogP contribution in [0.2, 0.25) is 0 Å². The Bertz CT molecular complexity index is 1080. The molecule has 3 heterocycles. The Balaban J connectivity index is 1.38. The largest absolute Gasteiger partial charge is 0.462 e. The molecule has 5 rings (SSSR count). The van der Waals surface area contributed by atoms with Crippen LogP contribution in [0.1, 0.15) is 31.0 Å². The number of aromatic nitrogens is 1. The van der Waals surface area contributed by atoms with Crippen LogP contribution in [0.4, 0.5) is 13.2 Å². The van der Waals surface area contributed by atoms with E-state index in [1.54, 1.807) is 18.3 Å². The number of carbonyl (C=O) groups excluding carboxylic acids is 1. The van der Waals surface area contributed by atoms with Crippen molar-refractivity contribution >= 4 is 12.0 Å². The Morgan fingerprint density at radius 1 is 1.18 bits per heavy atom. The van der Waals surface area contributed by atoms with Crippen LogP contribution in [0.25, 0.3) is 17.2 Å². The van der Waals surface area contributed by atoms with E-state index >= 15 is 0 Å². The predicted molar refractivity (Wildman–Crippen MR) is 123 cm³/mol. The summed E-state index contributed by atoms with van der Waals surface area (Å²) >= 11 is 0. The molecule has 1 aromatic carbocycles. The monoisotopic (exact) mass is 470 g/mol. The molecule has 6 atom stereocenters. The quantitative estimate of drug-likeness (QED) is 0.552. The lowest BCUT2D eigenvalue weighted by Gasteiger charge is -2.47. The maximum atomic E-state index is 13.1. The molecule has 0 unspecified atom stereocenters. The van der Waals surface area contributed by atoms with E-state index in [1.807, 2.05) is 19.1 Å². The average Bonchev–Trinajstić information content (AvgIpc) is 3.09. The third kappa shape index (κ3) is 4.38. The summed E-state index contributed by atoms with van der Waals surface area (Å²) in [6, 6.07) is 8.92. The second-order valence-electron chi connectivity index (χ2n) is 10.0. The predicted octanol–water partition coefficient (Wildman–Crippen LogP) is 5.55. The third-order valence-corrected chi connectivity index (χ3v) is 7.90. The summed E-state index contributed by atoms with van der Waals surface area (Å²) in [5.74, 6) is 1.29. The number of pyridine rings is 1. The van der Waals surface area contributed by atoms with E-state index in [1.165, 1.54) is 6.07 Å². The lowest BCUT2D eigenvalue weighted by atomic mass is 9.59. The van der Waals surface area contributed by atoms with Crippen molar-refractivity contribution in [2.75, 3.05) is 20.1 Å². The minimum absolute atomic E-state index is 0.0476. The van der Waals surface area contributed by atoms with Gasteiger partial charge in [-0.05, 0) is 81.0 Å². The molecule has 0 amide bonds. The van der Waals surface area contributed by atoms with Crippen molar-refractivity contribution in [2.24, 2.45) is 29.6 Å².